The van der Waals surface area contributed by atoms with E-state index in [1.54, 1.807) is 24.3 Å². The van der Waals surface area contributed by atoms with Crippen LogP contribution in [-0.2, 0) is 4.79 Å². The lowest BCUT2D eigenvalue weighted by Gasteiger charge is -2.33. The van der Waals surface area contributed by atoms with Crippen molar-refractivity contribution in [3.8, 4) is 5.75 Å². The van der Waals surface area contributed by atoms with Gasteiger partial charge in [-0.3, -0.25) is 14.5 Å². The minimum atomic E-state index is -0.516. The van der Waals surface area contributed by atoms with E-state index in [1.165, 1.54) is 32.1 Å². The molecule has 0 atom stereocenters. The summed E-state index contributed by atoms with van der Waals surface area (Å²) < 4.78 is 5.24. The van der Waals surface area contributed by atoms with E-state index in [9.17, 15) is 9.59 Å². The molecule has 1 saturated heterocycles. The second kappa shape index (κ2) is 9.03. The summed E-state index contributed by atoms with van der Waals surface area (Å²) in [6, 6.07) is 7.63. The molecule has 2 aliphatic rings. The van der Waals surface area contributed by atoms with Gasteiger partial charge in [0, 0.05) is 37.8 Å². The minimum Gasteiger partial charge on any atom is -0.484 e. The van der Waals surface area contributed by atoms with Crippen LogP contribution in [0.1, 0.15) is 48.9 Å². The molecule has 2 amide bonds. The third-order valence-corrected chi connectivity index (χ3v) is 5.39. The summed E-state index contributed by atoms with van der Waals surface area (Å²) in [6.07, 6.45) is 7.69. The van der Waals surface area contributed by atoms with Crippen LogP contribution in [0.4, 0.5) is 0 Å². The molecule has 0 unspecified atom stereocenters. The Labute approximate surface area is 155 Å². The molecule has 1 aliphatic heterocycles. The molecule has 6 heteroatoms. The molecule has 1 aromatic carbocycles. The van der Waals surface area contributed by atoms with Gasteiger partial charge in [-0.1, -0.05) is 19.3 Å². The molecule has 1 saturated carbocycles. The Kier molecular flexibility index (Phi) is 6.50. The largest absolute Gasteiger partial charge is 0.484 e. The molecule has 0 aromatic heterocycles. The number of carbonyl (C=O) groups is 2. The number of hydrogen-bond acceptors (Lipinski definition) is 4. The average molecular weight is 359 g/mol. The molecule has 1 aliphatic carbocycles. The first-order valence-corrected chi connectivity index (χ1v) is 9.68. The first-order valence-electron chi connectivity index (χ1n) is 9.68. The molecule has 0 spiro atoms. The molecule has 6 nitrogen and oxygen atoms in total. The fraction of sp³-hybridized carbons (Fsp3) is 0.600. The topological polar surface area (TPSA) is 75.9 Å². The molecule has 142 valence electrons. The van der Waals surface area contributed by atoms with Crippen LogP contribution in [0.3, 0.4) is 0 Å². The van der Waals surface area contributed by atoms with Crippen molar-refractivity contribution in [2.75, 3.05) is 32.8 Å². The number of nitrogens with zero attached hydrogens (tertiary/aromatic N) is 2. The zero-order valence-electron chi connectivity index (χ0n) is 15.4. The van der Waals surface area contributed by atoms with Crippen LogP contribution >= 0.6 is 0 Å². The van der Waals surface area contributed by atoms with Gasteiger partial charge in [0.2, 0.25) is 0 Å². The van der Waals surface area contributed by atoms with E-state index in [2.05, 4.69) is 4.90 Å². The zero-order valence-corrected chi connectivity index (χ0v) is 15.4. The van der Waals surface area contributed by atoms with Gasteiger partial charge in [0.1, 0.15) is 5.75 Å². The maximum absolute atomic E-state index is 12.8. The second-order valence-electron chi connectivity index (χ2n) is 7.25. The van der Waals surface area contributed by atoms with Crippen molar-refractivity contribution in [1.82, 2.24) is 9.80 Å². The molecule has 2 fully saturated rings. The zero-order chi connectivity index (χ0) is 18.4. The van der Waals surface area contributed by atoms with Gasteiger partial charge in [0.05, 0.1) is 0 Å². The highest BCUT2D eigenvalue weighted by molar-refractivity contribution is 5.94. The lowest BCUT2D eigenvalue weighted by Crippen LogP contribution is -2.40. The molecule has 2 N–H and O–H groups in total. The average Bonchev–Trinajstić information content (AvgIpc) is 2.93. The maximum atomic E-state index is 12.8. The van der Waals surface area contributed by atoms with Gasteiger partial charge >= 0.3 is 0 Å². The standard InChI is InChI=1S/C20H29N3O3/c21-19(24)15-26-18-9-7-16(8-10-18)20(25)23-12-4-11-22(13-14-23)17-5-2-1-3-6-17/h7-10,17H,1-6,11-15H2,(H2,21,24). The molecule has 1 aromatic rings. The smallest absolute Gasteiger partial charge is 0.255 e. The fourth-order valence-electron chi connectivity index (χ4n) is 3.98. The normalized spacial score (nSPS) is 19.8. The number of ether oxygens (including phenoxy) is 1. The van der Waals surface area contributed by atoms with Gasteiger partial charge in [-0.2, -0.15) is 0 Å². The lowest BCUT2D eigenvalue weighted by atomic mass is 9.94. The summed E-state index contributed by atoms with van der Waals surface area (Å²) in [5.41, 5.74) is 5.72. The molecule has 3 rings (SSSR count). The number of hydrogen-bond donors (Lipinski definition) is 1. The quantitative estimate of drug-likeness (QED) is 0.873. The Balaban J connectivity index is 1.55. The number of carbonyl (C=O) groups excluding carboxylic acids is 2. The van der Waals surface area contributed by atoms with Crippen LogP contribution in [0.2, 0.25) is 0 Å². The molecule has 0 radical (unpaired) electrons. The molecule has 26 heavy (non-hydrogen) atoms. The lowest BCUT2D eigenvalue weighted by molar-refractivity contribution is -0.119. The van der Waals surface area contributed by atoms with E-state index in [4.69, 9.17) is 10.5 Å². The predicted molar refractivity (Wildman–Crippen MR) is 100 cm³/mol. The summed E-state index contributed by atoms with van der Waals surface area (Å²) >= 11 is 0. The highest BCUT2D eigenvalue weighted by Crippen LogP contribution is 2.24. The van der Waals surface area contributed by atoms with Crippen LogP contribution in [0.25, 0.3) is 0 Å². The Morgan fingerprint density at radius 1 is 0.962 bits per heavy atom. The minimum absolute atomic E-state index is 0.0666. The van der Waals surface area contributed by atoms with Crippen molar-refractivity contribution in [2.24, 2.45) is 5.73 Å². The summed E-state index contributed by atoms with van der Waals surface area (Å²) in [6.45, 7) is 3.50. The number of rotatable bonds is 5. The van der Waals surface area contributed by atoms with Crippen LogP contribution in [0.15, 0.2) is 24.3 Å². The van der Waals surface area contributed by atoms with Crippen molar-refractivity contribution < 1.29 is 14.3 Å². The van der Waals surface area contributed by atoms with Gasteiger partial charge in [0.25, 0.3) is 11.8 Å². The highest BCUT2D eigenvalue weighted by Gasteiger charge is 2.25. The van der Waals surface area contributed by atoms with Crippen molar-refractivity contribution in [2.45, 2.75) is 44.6 Å². The van der Waals surface area contributed by atoms with Crippen LogP contribution in [0, 0.1) is 0 Å². The van der Waals surface area contributed by atoms with Gasteiger partial charge in [-0.15, -0.1) is 0 Å². The van der Waals surface area contributed by atoms with Crippen molar-refractivity contribution in [3.05, 3.63) is 29.8 Å². The first kappa shape index (κ1) is 18.7. The SMILES string of the molecule is NC(=O)COc1ccc(C(=O)N2CCCN(C3CCCCC3)CC2)cc1. The Hall–Kier alpha value is -2.08. The van der Waals surface area contributed by atoms with E-state index in [-0.39, 0.29) is 12.5 Å². The Morgan fingerprint density at radius 3 is 2.38 bits per heavy atom. The molecule has 1 heterocycles. The Morgan fingerprint density at radius 2 is 1.69 bits per heavy atom. The van der Waals surface area contributed by atoms with E-state index in [0.717, 1.165) is 32.6 Å². The predicted octanol–water partition coefficient (Wildman–Crippen LogP) is 2.03. The summed E-state index contributed by atoms with van der Waals surface area (Å²) in [4.78, 5) is 28.1. The second-order valence-corrected chi connectivity index (χ2v) is 7.25. The van der Waals surface area contributed by atoms with Gasteiger partial charge in [0.15, 0.2) is 6.61 Å². The van der Waals surface area contributed by atoms with Crippen LogP contribution in [0.5, 0.6) is 5.75 Å². The third-order valence-electron chi connectivity index (χ3n) is 5.39. The van der Waals surface area contributed by atoms with Gasteiger partial charge in [-0.05, 0) is 43.5 Å². The summed E-state index contributed by atoms with van der Waals surface area (Å²) in [5, 5.41) is 0. The van der Waals surface area contributed by atoms with E-state index in [0.29, 0.717) is 17.4 Å². The fourth-order valence-corrected chi connectivity index (χ4v) is 3.98. The van der Waals surface area contributed by atoms with Crippen molar-refractivity contribution >= 4 is 11.8 Å². The van der Waals surface area contributed by atoms with Crippen molar-refractivity contribution in [1.29, 1.82) is 0 Å². The molecular formula is C20H29N3O3. The van der Waals surface area contributed by atoms with Crippen molar-refractivity contribution in [3.63, 3.8) is 0 Å². The summed E-state index contributed by atoms with van der Waals surface area (Å²) in [5.74, 6) is 0.0916. The molecule has 0 bridgehead atoms. The van der Waals surface area contributed by atoms with Crippen LogP contribution in [-0.4, -0.2) is 60.4 Å². The highest BCUT2D eigenvalue weighted by atomic mass is 16.5. The number of nitrogens with two attached hydrogens (primary N) is 1. The van der Waals surface area contributed by atoms with Gasteiger partial charge < -0.3 is 15.4 Å². The summed E-state index contributed by atoms with van der Waals surface area (Å²) in [7, 11) is 0. The van der Waals surface area contributed by atoms with Gasteiger partial charge in [-0.25, -0.2) is 0 Å². The molecular weight excluding hydrogens is 330 g/mol. The number of amides is 2. The van der Waals surface area contributed by atoms with E-state index < -0.39 is 5.91 Å². The van der Waals surface area contributed by atoms with E-state index >= 15 is 0 Å². The monoisotopic (exact) mass is 359 g/mol. The third kappa shape index (κ3) is 4.97. The number of primary amides is 1. The van der Waals surface area contributed by atoms with Crippen LogP contribution < -0.4 is 10.5 Å². The number of benzene rings is 1. The Bertz CT molecular complexity index is 611. The first-order chi connectivity index (χ1) is 12.6. The van der Waals surface area contributed by atoms with E-state index in [1.807, 2.05) is 4.90 Å². The maximum Gasteiger partial charge on any atom is 0.255 e.